The van der Waals surface area contributed by atoms with Gasteiger partial charge < -0.3 is 19.5 Å². The van der Waals surface area contributed by atoms with E-state index in [-0.39, 0.29) is 11.1 Å². The van der Waals surface area contributed by atoms with Gasteiger partial charge in [-0.05, 0) is 51.1 Å². The van der Waals surface area contributed by atoms with E-state index in [2.05, 4.69) is 32.3 Å². The molecule has 3 rings (SSSR count). The van der Waals surface area contributed by atoms with Crippen molar-refractivity contribution >= 4 is 18.1 Å². The summed E-state index contributed by atoms with van der Waals surface area (Å²) >= 11 is 0. The first-order valence-electron chi connectivity index (χ1n) is 14.8. The fourth-order valence-electron chi connectivity index (χ4n) is 5.42. The lowest BCUT2D eigenvalue weighted by Gasteiger charge is -2.41. The van der Waals surface area contributed by atoms with Crippen molar-refractivity contribution in [3.05, 3.63) is 71.8 Å². The second-order valence-electron chi connectivity index (χ2n) is 12.2. The third-order valence-corrected chi connectivity index (χ3v) is 8.30. The van der Waals surface area contributed by atoms with Crippen molar-refractivity contribution in [3.8, 4) is 0 Å². The summed E-state index contributed by atoms with van der Waals surface area (Å²) in [5.41, 5.74) is 1.86. The number of benzene rings is 1. The lowest BCUT2D eigenvalue weighted by atomic mass is 9.87. The molecular weight excluding hydrogens is 551 g/mol. The van der Waals surface area contributed by atoms with Gasteiger partial charge in [0, 0.05) is 76.4 Å². The molecule has 2 unspecified atom stereocenters. The maximum Gasteiger partial charge on any atom is 0.335 e. The van der Waals surface area contributed by atoms with Gasteiger partial charge in [-0.15, -0.1) is 6.58 Å². The Balaban J connectivity index is 1.74. The number of carbonyl (C=O) groups is 2. The van der Waals surface area contributed by atoms with Crippen LogP contribution in [0, 0.1) is 0 Å². The average molecular weight is 599 g/mol. The van der Waals surface area contributed by atoms with E-state index in [1.165, 1.54) is 6.08 Å². The van der Waals surface area contributed by atoms with Crippen LogP contribution in [0.2, 0.25) is 0 Å². The molecule has 1 aliphatic rings. The molecule has 10 heteroatoms. The number of likely N-dealkylation sites (tertiary alicyclic amines) is 1. The van der Waals surface area contributed by atoms with Crippen LogP contribution < -0.4 is 4.90 Å². The molecule has 0 saturated carbocycles. The Morgan fingerprint density at radius 3 is 2.42 bits per heavy atom. The molecule has 1 fully saturated rings. The number of carboxylic acid groups (broad SMARTS) is 1. The second-order valence-corrected chi connectivity index (χ2v) is 12.2. The number of aromatic carboxylic acids is 1. The van der Waals surface area contributed by atoms with Crippen molar-refractivity contribution < 1.29 is 28.6 Å². The Morgan fingerprint density at radius 2 is 1.91 bits per heavy atom. The predicted molar refractivity (Wildman–Crippen MR) is 166 cm³/mol. The standard InChI is InChI=1S/C33H47FN4O5/c1-8-27(42-7)20-29(34)28(9-2)30-25(22-38(35-30)32(3,4)5)21-37-18-15-33(16-19-37,43-23-39)14-17-36(6)26-12-10-24(11-13-26)31(40)41/h9-13,20,22-23,28-29H,2,8,14-19,21H2,1,3-7H3,(H,40,41)/b27-20+. The number of methoxy groups -OCH3 is 1. The quantitative estimate of drug-likeness (QED) is 0.153. The van der Waals surface area contributed by atoms with Crippen LogP contribution in [0.4, 0.5) is 10.1 Å². The monoisotopic (exact) mass is 598 g/mol. The number of nitrogens with zero attached hydrogens (tertiary/aromatic N) is 4. The van der Waals surface area contributed by atoms with Crippen LogP contribution in [0.15, 0.2) is 55.0 Å². The first kappa shape index (κ1) is 33.8. The topological polar surface area (TPSA) is 97.1 Å². The number of hydrogen-bond donors (Lipinski definition) is 1. The van der Waals surface area contributed by atoms with E-state index in [0.717, 1.165) is 11.3 Å². The SMILES string of the molecule is C=CC(c1nn(C(C)(C)C)cc1CN1CCC(CCN(C)c2ccc(C(=O)O)cc2)(OC=O)CC1)C(F)/C=C(\CC)OC. The minimum atomic E-state index is -1.33. The first-order chi connectivity index (χ1) is 20.4. The number of carbonyl (C=O) groups excluding carboxylic acids is 1. The number of hydrogen-bond acceptors (Lipinski definition) is 7. The van der Waals surface area contributed by atoms with Crippen molar-refractivity contribution in [3.63, 3.8) is 0 Å². The number of allylic oxidation sites excluding steroid dienone is 3. The largest absolute Gasteiger partial charge is 0.501 e. The second kappa shape index (κ2) is 14.7. The third kappa shape index (κ3) is 8.69. The minimum Gasteiger partial charge on any atom is -0.501 e. The predicted octanol–water partition coefficient (Wildman–Crippen LogP) is 5.92. The van der Waals surface area contributed by atoms with Crippen LogP contribution in [-0.2, 0) is 26.4 Å². The van der Waals surface area contributed by atoms with E-state index in [9.17, 15) is 9.59 Å². The highest BCUT2D eigenvalue weighted by atomic mass is 19.1. The molecule has 1 aliphatic heterocycles. The maximum absolute atomic E-state index is 15.6. The molecule has 0 aliphatic carbocycles. The highest BCUT2D eigenvalue weighted by molar-refractivity contribution is 5.88. The minimum absolute atomic E-state index is 0.236. The van der Waals surface area contributed by atoms with Gasteiger partial charge in [0.1, 0.15) is 11.8 Å². The number of piperidine rings is 1. The van der Waals surface area contributed by atoms with E-state index in [4.69, 9.17) is 19.7 Å². The first-order valence-corrected chi connectivity index (χ1v) is 14.8. The molecule has 2 atom stereocenters. The van der Waals surface area contributed by atoms with Gasteiger partial charge in [-0.25, -0.2) is 9.18 Å². The van der Waals surface area contributed by atoms with Crippen molar-refractivity contribution in [1.82, 2.24) is 14.7 Å². The fourth-order valence-corrected chi connectivity index (χ4v) is 5.42. The third-order valence-electron chi connectivity index (χ3n) is 8.30. The van der Waals surface area contributed by atoms with Gasteiger partial charge in [0.2, 0.25) is 0 Å². The van der Waals surface area contributed by atoms with E-state index >= 15 is 4.39 Å². The van der Waals surface area contributed by atoms with Crippen molar-refractivity contribution in [2.75, 3.05) is 38.7 Å². The van der Waals surface area contributed by atoms with Gasteiger partial charge in [0.05, 0.1) is 35.6 Å². The zero-order chi connectivity index (χ0) is 31.8. The molecule has 9 nitrogen and oxygen atoms in total. The molecule has 2 heterocycles. The summed E-state index contributed by atoms with van der Waals surface area (Å²) < 4.78 is 28.5. The van der Waals surface area contributed by atoms with Gasteiger partial charge in [-0.1, -0.05) is 13.0 Å². The number of alkyl halides is 1. The molecule has 0 amide bonds. The number of ether oxygens (including phenoxy) is 2. The Bertz CT molecular complexity index is 1250. The summed E-state index contributed by atoms with van der Waals surface area (Å²) in [6.07, 6.45) is 6.35. The van der Waals surface area contributed by atoms with E-state index < -0.39 is 23.7 Å². The number of carboxylic acids is 1. The van der Waals surface area contributed by atoms with Crippen LogP contribution >= 0.6 is 0 Å². The van der Waals surface area contributed by atoms with Crippen molar-refractivity contribution in [1.29, 1.82) is 0 Å². The number of anilines is 1. The summed E-state index contributed by atoms with van der Waals surface area (Å²) in [6, 6.07) is 6.72. The summed E-state index contributed by atoms with van der Waals surface area (Å²) in [4.78, 5) is 27.0. The smallest absolute Gasteiger partial charge is 0.335 e. The Labute approximate surface area is 254 Å². The number of halogens is 1. The molecule has 0 spiro atoms. The van der Waals surface area contributed by atoms with Crippen LogP contribution in [-0.4, -0.2) is 77.8 Å². The van der Waals surface area contributed by atoms with Crippen LogP contribution in [0.5, 0.6) is 0 Å². The molecule has 236 valence electrons. The zero-order valence-corrected chi connectivity index (χ0v) is 26.4. The van der Waals surface area contributed by atoms with Gasteiger partial charge >= 0.3 is 5.97 Å². The van der Waals surface area contributed by atoms with E-state index in [1.807, 2.05) is 29.7 Å². The highest BCUT2D eigenvalue weighted by Gasteiger charge is 2.37. The van der Waals surface area contributed by atoms with Gasteiger partial charge in [-0.3, -0.25) is 14.4 Å². The molecular formula is C33H47FN4O5. The average Bonchev–Trinajstić information content (AvgIpc) is 3.40. The molecule has 1 aromatic heterocycles. The molecule has 1 aromatic carbocycles. The summed E-state index contributed by atoms with van der Waals surface area (Å²) in [6.45, 7) is 15.2. The number of rotatable bonds is 15. The van der Waals surface area contributed by atoms with Crippen molar-refractivity contribution in [2.24, 2.45) is 0 Å². The summed E-state index contributed by atoms with van der Waals surface area (Å²) in [5.74, 6) is -1.01. The lowest BCUT2D eigenvalue weighted by Crippen LogP contribution is -2.47. The zero-order valence-electron chi connectivity index (χ0n) is 26.4. The van der Waals surface area contributed by atoms with Crippen LogP contribution in [0.25, 0.3) is 0 Å². The number of aromatic nitrogens is 2. The summed E-state index contributed by atoms with van der Waals surface area (Å²) in [5, 5.41) is 14.0. The van der Waals surface area contributed by atoms with Crippen molar-refractivity contribution in [2.45, 2.75) is 83.2 Å². The molecule has 0 radical (unpaired) electrons. The molecule has 1 saturated heterocycles. The van der Waals surface area contributed by atoms with Gasteiger partial charge in [0.25, 0.3) is 6.47 Å². The Hall–Kier alpha value is -3.66. The lowest BCUT2D eigenvalue weighted by molar-refractivity contribution is -0.149. The van der Waals surface area contributed by atoms with E-state index in [0.29, 0.717) is 69.8 Å². The van der Waals surface area contributed by atoms with Gasteiger partial charge in [0.15, 0.2) is 0 Å². The van der Waals surface area contributed by atoms with E-state index in [1.54, 1.807) is 37.5 Å². The molecule has 2 aromatic rings. The fraction of sp³-hybridized carbons (Fsp3) is 0.545. The summed E-state index contributed by atoms with van der Waals surface area (Å²) in [7, 11) is 3.49. The maximum atomic E-state index is 15.6. The molecule has 1 N–H and O–H groups in total. The van der Waals surface area contributed by atoms with Gasteiger partial charge in [-0.2, -0.15) is 5.10 Å². The van der Waals surface area contributed by atoms with Crippen LogP contribution in [0.1, 0.15) is 80.9 Å². The van der Waals surface area contributed by atoms with Crippen LogP contribution in [0.3, 0.4) is 0 Å². The Morgan fingerprint density at radius 1 is 1.26 bits per heavy atom. The Kier molecular flexibility index (Phi) is 11.6. The highest BCUT2D eigenvalue weighted by Crippen LogP contribution is 2.34. The molecule has 0 bridgehead atoms. The normalized spacial score (nSPS) is 17.1. The molecule has 43 heavy (non-hydrogen) atoms.